The minimum Gasteiger partial charge on any atom is -0.492 e. The Morgan fingerprint density at radius 1 is 1.40 bits per heavy atom. The lowest BCUT2D eigenvalue weighted by Crippen LogP contribution is -2.21. The number of rotatable bonds is 5. The SMILES string of the molecule is CCOC(=O)c1ncc(CBr)c(OC)c1OC(F)(F)F. The van der Waals surface area contributed by atoms with Gasteiger partial charge in [0, 0.05) is 17.1 Å². The molecular formula is C11H11BrF3NO4. The molecule has 0 saturated carbocycles. The molecule has 0 N–H and O–H groups in total. The lowest BCUT2D eigenvalue weighted by atomic mass is 10.2. The molecule has 0 aliphatic rings. The van der Waals surface area contributed by atoms with E-state index in [-0.39, 0.29) is 17.7 Å². The van der Waals surface area contributed by atoms with Gasteiger partial charge in [-0.2, -0.15) is 0 Å². The van der Waals surface area contributed by atoms with E-state index in [1.165, 1.54) is 20.2 Å². The van der Waals surface area contributed by atoms with Gasteiger partial charge >= 0.3 is 12.3 Å². The Morgan fingerprint density at radius 3 is 2.50 bits per heavy atom. The van der Waals surface area contributed by atoms with Gasteiger partial charge in [-0.05, 0) is 6.92 Å². The number of halogens is 4. The number of nitrogens with zero attached hydrogens (tertiary/aromatic N) is 1. The number of carbonyl (C=O) groups excluding carboxylic acids is 1. The Hall–Kier alpha value is -1.51. The van der Waals surface area contributed by atoms with Gasteiger partial charge in [0.05, 0.1) is 13.7 Å². The van der Waals surface area contributed by atoms with Crippen molar-refractivity contribution >= 4 is 21.9 Å². The molecule has 1 aromatic heterocycles. The molecule has 0 aliphatic heterocycles. The lowest BCUT2D eigenvalue weighted by molar-refractivity contribution is -0.275. The zero-order valence-electron chi connectivity index (χ0n) is 10.6. The van der Waals surface area contributed by atoms with Crippen LogP contribution in [0.25, 0.3) is 0 Å². The zero-order valence-corrected chi connectivity index (χ0v) is 12.2. The third-order valence-electron chi connectivity index (χ3n) is 2.10. The molecule has 0 fully saturated rings. The highest BCUT2D eigenvalue weighted by Gasteiger charge is 2.36. The van der Waals surface area contributed by atoms with Gasteiger partial charge in [0.25, 0.3) is 0 Å². The average Bonchev–Trinajstić information content (AvgIpc) is 2.36. The van der Waals surface area contributed by atoms with Crippen molar-refractivity contribution in [2.75, 3.05) is 13.7 Å². The normalized spacial score (nSPS) is 11.1. The van der Waals surface area contributed by atoms with Crippen molar-refractivity contribution in [1.29, 1.82) is 0 Å². The van der Waals surface area contributed by atoms with Crippen LogP contribution >= 0.6 is 15.9 Å². The van der Waals surface area contributed by atoms with Crippen LogP contribution in [-0.2, 0) is 10.1 Å². The first kappa shape index (κ1) is 16.5. The quantitative estimate of drug-likeness (QED) is 0.598. The van der Waals surface area contributed by atoms with E-state index in [1.807, 2.05) is 0 Å². The van der Waals surface area contributed by atoms with E-state index in [0.29, 0.717) is 5.56 Å². The Kier molecular flexibility index (Phi) is 5.61. The average molecular weight is 358 g/mol. The number of alkyl halides is 4. The van der Waals surface area contributed by atoms with E-state index >= 15 is 0 Å². The van der Waals surface area contributed by atoms with Crippen molar-refractivity contribution in [3.8, 4) is 11.5 Å². The minimum atomic E-state index is -4.98. The van der Waals surface area contributed by atoms with Gasteiger partial charge in [0.15, 0.2) is 11.4 Å². The number of ether oxygens (including phenoxy) is 3. The Morgan fingerprint density at radius 2 is 2.05 bits per heavy atom. The maximum atomic E-state index is 12.5. The topological polar surface area (TPSA) is 57.7 Å². The molecular weight excluding hydrogens is 347 g/mol. The number of hydrogen-bond donors (Lipinski definition) is 0. The first-order valence-corrected chi connectivity index (χ1v) is 6.50. The van der Waals surface area contributed by atoms with Gasteiger partial charge in [-0.15, -0.1) is 13.2 Å². The van der Waals surface area contributed by atoms with Crippen molar-refractivity contribution in [2.45, 2.75) is 18.6 Å². The smallest absolute Gasteiger partial charge is 0.492 e. The van der Waals surface area contributed by atoms with E-state index in [9.17, 15) is 18.0 Å². The summed E-state index contributed by atoms with van der Waals surface area (Å²) in [5, 5.41) is 0.181. The van der Waals surface area contributed by atoms with Gasteiger partial charge in [-0.3, -0.25) is 0 Å². The molecule has 0 aromatic carbocycles. The Balaban J connectivity index is 3.39. The summed E-state index contributed by atoms with van der Waals surface area (Å²) in [6, 6.07) is 0. The van der Waals surface area contributed by atoms with E-state index in [2.05, 4.69) is 30.4 Å². The molecule has 1 heterocycles. The number of pyridine rings is 1. The molecule has 0 amide bonds. The van der Waals surface area contributed by atoms with Gasteiger partial charge in [-0.25, -0.2) is 9.78 Å². The number of esters is 1. The van der Waals surface area contributed by atoms with Crippen molar-refractivity contribution in [1.82, 2.24) is 4.98 Å². The number of hydrogen-bond acceptors (Lipinski definition) is 5. The van der Waals surface area contributed by atoms with E-state index in [0.717, 1.165) is 0 Å². The Bertz CT molecular complexity index is 493. The molecule has 0 unspecified atom stereocenters. The fourth-order valence-electron chi connectivity index (χ4n) is 1.39. The van der Waals surface area contributed by atoms with Crippen LogP contribution in [-0.4, -0.2) is 31.0 Å². The second-order valence-electron chi connectivity index (χ2n) is 3.40. The zero-order chi connectivity index (χ0) is 15.3. The van der Waals surface area contributed by atoms with Gasteiger partial charge in [-0.1, -0.05) is 15.9 Å². The van der Waals surface area contributed by atoms with Gasteiger partial charge in [0.1, 0.15) is 0 Å². The van der Waals surface area contributed by atoms with E-state index < -0.39 is 23.8 Å². The third kappa shape index (κ3) is 3.99. The van der Waals surface area contributed by atoms with Crippen LogP contribution in [0.4, 0.5) is 13.2 Å². The number of aromatic nitrogens is 1. The first-order chi connectivity index (χ1) is 9.34. The first-order valence-electron chi connectivity index (χ1n) is 5.38. The largest absolute Gasteiger partial charge is 0.573 e. The maximum Gasteiger partial charge on any atom is 0.573 e. The fraction of sp³-hybridized carbons (Fsp3) is 0.455. The predicted octanol–water partition coefficient (Wildman–Crippen LogP) is 3.06. The monoisotopic (exact) mass is 357 g/mol. The highest BCUT2D eigenvalue weighted by atomic mass is 79.9. The van der Waals surface area contributed by atoms with Crippen LogP contribution in [0.5, 0.6) is 11.5 Å². The highest BCUT2D eigenvalue weighted by molar-refractivity contribution is 9.08. The molecule has 112 valence electrons. The molecule has 20 heavy (non-hydrogen) atoms. The summed E-state index contributed by atoms with van der Waals surface area (Å²) in [6.07, 6.45) is -3.77. The van der Waals surface area contributed by atoms with Crippen LogP contribution < -0.4 is 9.47 Å². The summed E-state index contributed by atoms with van der Waals surface area (Å²) in [6.45, 7) is 1.51. The van der Waals surface area contributed by atoms with Crippen molar-refractivity contribution < 1.29 is 32.2 Å². The second kappa shape index (κ2) is 6.78. The van der Waals surface area contributed by atoms with Crippen molar-refractivity contribution in [3.63, 3.8) is 0 Å². The predicted molar refractivity (Wildman–Crippen MR) is 66.1 cm³/mol. The van der Waals surface area contributed by atoms with Crippen molar-refractivity contribution in [3.05, 3.63) is 17.5 Å². The highest BCUT2D eigenvalue weighted by Crippen LogP contribution is 2.38. The van der Waals surface area contributed by atoms with Crippen LogP contribution in [0.1, 0.15) is 23.0 Å². The number of methoxy groups -OCH3 is 1. The van der Waals surface area contributed by atoms with E-state index in [1.54, 1.807) is 0 Å². The molecule has 0 radical (unpaired) electrons. The van der Waals surface area contributed by atoms with Crippen LogP contribution in [0.2, 0.25) is 0 Å². The molecule has 5 nitrogen and oxygen atoms in total. The van der Waals surface area contributed by atoms with Crippen LogP contribution in [0.3, 0.4) is 0 Å². The van der Waals surface area contributed by atoms with Crippen LogP contribution in [0, 0.1) is 0 Å². The molecule has 0 bridgehead atoms. The lowest BCUT2D eigenvalue weighted by Gasteiger charge is -2.16. The summed E-state index contributed by atoms with van der Waals surface area (Å²) >= 11 is 3.08. The molecule has 1 rings (SSSR count). The molecule has 1 aromatic rings. The fourth-order valence-corrected chi connectivity index (χ4v) is 1.79. The second-order valence-corrected chi connectivity index (χ2v) is 3.96. The minimum absolute atomic E-state index is 0.00547. The molecule has 0 atom stereocenters. The van der Waals surface area contributed by atoms with Crippen molar-refractivity contribution in [2.24, 2.45) is 0 Å². The Labute approximate surface area is 121 Å². The summed E-state index contributed by atoms with van der Waals surface area (Å²) in [7, 11) is 1.17. The van der Waals surface area contributed by atoms with Gasteiger partial charge < -0.3 is 14.2 Å². The third-order valence-corrected chi connectivity index (χ3v) is 2.70. The maximum absolute atomic E-state index is 12.5. The molecule has 0 spiro atoms. The summed E-state index contributed by atoms with van der Waals surface area (Å²) in [5.74, 6) is -2.06. The molecule has 9 heteroatoms. The summed E-state index contributed by atoms with van der Waals surface area (Å²) in [5.41, 5.74) is -0.287. The summed E-state index contributed by atoms with van der Waals surface area (Å²) < 4.78 is 50.7. The summed E-state index contributed by atoms with van der Waals surface area (Å²) in [4.78, 5) is 15.3. The molecule has 0 aliphatic carbocycles. The number of carbonyl (C=O) groups is 1. The van der Waals surface area contributed by atoms with Crippen LogP contribution in [0.15, 0.2) is 6.20 Å². The molecule has 0 saturated heterocycles. The van der Waals surface area contributed by atoms with E-state index in [4.69, 9.17) is 4.74 Å². The van der Waals surface area contributed by atoms with Gasteiger partial charge in [0.2, 0.25) is 5.75 Å². The standard InChI is InChI=1S/C11H11BrF3NO4/c1-3-19-10(17)7-9(20-11(13,14)15)8(18-2)6(4-12)5-16-7/h5H,3-4H2,1-2H3.